The van der Waals surface area contributed by atoms with E-state index < -0.39 is 5.60 Å². The van der Waals surface area contributed by atoms with Crippen LogP contribution in [0, 0.1) is 6.92 Å². The molecule has 0 aliphatic carbocycles. The second kappa shape index (κ2) is 6.90. The number of anilines is 2. The molecule has 1 atom stereocenters. The van der Waals surface area contributed by atoms with Gasteiger partial charge in [0.1, 0.15) is 17.1 Å². The zero-order valence-electron chi connectivity index (χ0n) is 17.1. The van der Waals surface area contributed by atoms with Crippen LogP contribution in [0.3, 0.4) is 0 Å². The number of aromatic nitrogens is 3. The summed E-state index contributed by atoms with van der Waals surface area (Å²) in [6.07, 6.45) is 0.510. The van der Waals surface area contributed by atoms with Gasteiger partial charge in [-0.15, -0.1) is 0 Å². The van der Waals surface area contributed by atoms with Crippen LogP contribution in [0.5, 0.6) is 0 Å². The first-order valence-corrected chi connectivity index (χ1v) is 9.50. The lowest BCUT2D eigenvalue weighted by molar-refractivity contribution is 0.0218. The molecule has 0 spiro atoms. The lowest BCUT2D eigenvalue weighted by Gasteiger charge is -2.40. The quantitative estimate of drug-likeness (QED) is 0.869. The molecular formula is C19H30N6O2. The van der Waals surface area contributed by atoms with Crippen molar-refractivity contribution in [2.24, 2.45) is 0 Å². The van der Waals surface area contributed by atoms with E-state index in [1.807, 2.05) is 40.7 Å². The molecule has 8 heteroatoms. The third-order valence-electron chi connectivity index (χ3n) is 4.77. The van der Waals surface area contributed by atoms with E-state index in [1.54, 1.807) is 9.42 Å². The molecule has 148 valence electrons. The second-order valence-electron chi connectivity index (χ2n) is 8.17. The Balaban J connectivity index is 1.82. The van der Waals surface area contributed by atoms with E-state index in [0.29, 0.717) is 31.0 Å². The monoisotopic (exact) mass is 374 g/mol. The van der Waals surface area contributed by atoms with Crippen LogP contribution in [-0.4, -0.2) is 56.9 Å². The van der Waals surface area contributed by atoms with Crippen molar-refractivity contribution in [2.45, 2.75) is 59.6 Å². The summed E-state index contributed by atoms with van der Waals surface area (Å²) in [5, 5.41) is 4.55. The van der Waals surface area contributed by atoms with Gasteiger partial charge in [-0.3, -0.25) is 0 Å². The van der Waals surface area contributed by atoms with Crippen molar-refractivity contribution in [1.82, 2.24) is 19.5 Å². The Morgan fingerprint density at radius 2 is 2.07 bits per heavy atom. The molecule has 2 aromatic heterocycles. The van der Waals surface area contributed by atoms with E-state index in [0.717, 1.165) is 23.6 Å². The summed E-state index contributed by atoms with van der Waals surface area (Å²) < 4.78 is 7.30. The van der Waals surface area contributed by atoms with E-state index in [-0.39, 0.29) is 12.1 Å². The Morgan fingerprint density at radius 3 is 2.67 bits per heavy atom. The van der Waals surface area contributed by atoms with Crippen LogP contribution in [0.4, 0.5) is 16.3 Å². The molecule has 0 saturated carbocycles. The number of aryl methyl sites for hydroxylation is 2. The minimum atomic E-state index is -0.488. The Bertz CT molecular complexity index is 854. The van der Waals surface area contributed by atoms with E-state index in [4.69, 9.17) is 15.5 Å². The van der Waals surface area contributed by atoms with E-state index >= 15 is 0 Å². The number of rotatable bonds is 2. The summed E-state index contributed by atoms with van der Waals surface area (Å²) >= 11 is 0. The predicted octanol–water partition coefficient (Wildman–Crippen LogP) is 2.63. The molecular weight excluding hydrogens is 344 g/mol. The van der Waals surface area contributed by atoms with Crippen LogP contribution in [0.15, 0.2) is 6.07 Å². The van der Waals surface area contributed by atoms with Crippen LogP contribution in [0.1, 0.15) is 46.0 Å². The molecule has 8 nitrogen and oxygen atoms in total. The van der Waals surface area contributed by atoms with E-state index in [1.165, 1.54) is 0 Å². The van der Waals surface area contributed by atoms with Crippen molar-refractivity contribution in [3.8, 4) is 0 Å². The zero-order valence-corrected chi connectivity index (χ0v) is 17.1. The maximum absolute atomic E-state index is 12.4. The van der Waals surface area contributed by atoms with Crippen LogP contribution in [0.2, 0.25) is 0 Å². The van der Waals surface area contributed by atoms with Gasteiger partial charge in [-0.25, -0.2) is 14.3 Å². The minimum absolute atomic E-state index is 0.121. The van der Waals surface area contributed by atoms with Crippen molar-refractivity contribution in [3.05, 3.63) is 17.5 Å². The highest BCUT2D eigenvalue weighted by atomic mass is 16.6. The number of carbonyl (C=O) groups is 1. The topological polar surface area (TPSA) is 89.0 Å². The highest BCUT2D eigenvalue weighted by Crippen LogP contribution is 2.25. The maximum atomic E-state index is 12.4. The molecule has 1 aliphatic rings. The number of ether oxygens (including phenoxy) is 1. The van der Waals surface area contributed by atoms with Crippen molar-refractivity contribution >= 4 is 23.2 Å². The second-order valence-corrected chi connectivity index (χ2v) is 8.17. The van der Waals surface area contributed by atoms with Crippen LogP contribution in [0.25, 0.3) is 5.65 Å². The molecule has 2 aromatic rings. The Morgan fingerprint density at radius 1 is 1.37 bits per heavy atom. The van der Waals surface area contributed by atoms with Gasteiger partial charge in [0.25, 0.3) is 0 Å². The molecule has 0 bridgehead atoms. The number of nitrogens with two attached hydrogens (primary N) is 1. The zero-order chi connectivity index (χ0) is 19.9. The molecule has 3 rings (SSSR count). The fourth-order valence-corrected chi connectivity index (χ4v) is 3.41. The summed E-state index contributed by atoms with van der Waals surface area (Å²) in [6.45, 7) is 13.7. The molecule has 1 aliphatic heterocycles. The van der Waals surface area contributed by atoms with Gasteiger partial charge in [0.05, 0.1) is 5.69 Å². The number of hydrogen-bond acceptors (Lipinski definition) is 6. The molecule has 1 amide bonds. The SMILES string of the molecule is CCc1nn2c(C)cc(N3CCN(C(=O)OC(C)(C)C)C[C@@H]3C)nc2c1N. The number of hydrogen-bond donors (Lipinski definition) is 1. The number of nitrogen functional groups attached to an aromatic ring is 1. The highest BCUT2D eigenvalue weighted by molar-refractivity contribution is 5.71. The fraction of sp³-hybridized carbons (Fsp3) is 0.632. The standard InChI is InChI=1S/C19H30N6O2/c1-7-14-16(20)17-21-15(10-12(2)25(17)22-14)24-9-8-23(11-13(24)3)18(26)27-19(4,5)6/h10,13H,7-9,11,20H2,1-6H3/t13-/m0/s1. The van der Waals surface area contributed by atoms with Crippen LogP contribution in [-0.2, 0) is 11.2 Å². The van der Waals surface area contributed by atoms with Crippen molar-refractivity contribution in [3.63, 3.8) is 0 Å². The highest BCUT2D eigenvalue weighted by Gasteiger charge is 2.31. The van der Waals surface area contributed by atoms with Gasteiger partial charge in [0, 0.05) is 37.4 Å². The molecule has 3 heterocycles. The Kier molecular flexibility index (Phi) is 4.92. The maximum Gasteiger partial charge on any atom is 0.410 e. The average Bonchev–Trinajstić information content (AvgIpc) is 2.90. The minimum Gasteiger partial charge on any atom is -0.444 e. The lowest BCUT2D eigenvalue weighted by atomic mass is 10.2. The van der Waals surface area contributed by atoms with Crippen molar-refractivity contribution in [2.75, 3.05) is 30.3 Å². The van der Waals surface area contributed by atoms with Gasteiger partial charge in [0.2, 0.25) is 0 Å². The molecule has 0 aromatic carbocycles. The third-order valence-corrected chi connectivity index (χ3v) is 4.77. The summed E-state index contributed by atoms with van der Waals surface area (Å²) in [4.78, 5) is 21.1. The van der Waals surface area contributed by atoms with Gasteiger partial charge in [-0.05, 0) is 41.0 Å². The van der Waals surface area contributed by atoms with Crippen molar-refractivity contribution in [1.29, 1.82) is 0 Å². The summed E-state index contributed by atoms with van der Waals surface area (Å²) in [7, 11) is 0. The van der Waals surface area contributed by atoms with Gasteiger partial charge >= 0.3 is 6.09 Å². The summed E-state index contributed by atoms with van der Waals surface area (Å²) in [5.74, 6) is 0.866. The molecule has 27 heavy (non-hydrogen) atoms. The Hall–Kier alpha value is -2.51. The van der Waals surface area contributed by atoms with Gasteiger partial charge in [-0.2, -0.15) is 5.10 Å². The van der Waals surface area contributed by atoms with Crippen molar-refractivity contribution < 1.29 is 9.53 Å². The molecule has 1 saturated heterocycles. The Labute approximate surface area is 160 Å². The number of nitrogens with zero attached hydrogens (tertiary/aromatic N) is 5. The number of fused-ring (bicyclic) bond motifs is 1. The predicted molar refractivity (Wildman–Crippen MR) is 106 cm³/mol. The van der Waals surface area contributed by atoms with Crippen LogP contribution < -0.4 is 10.6 Å². The normalized spacial score (nSPS) is 18.2. The number of carbonyl (C=O) groups excluding carboxylic acids is 1. The average molecular weight is 374 g/mol. The molecule has 1 fully saturated rings. The molecule has 0 unspecified atom stereocenters. The largest absolute Gasteiger partial charge is 0.444 e. The third kappa shape index (κ3) is 3.79. The number of piperazine rings is 1. The van der Waals surface area contributed by atoms with Gasteiger partial charge < -0.3 is 20.3 Å². The summed E-state index contributed by atoms with van der Waals surface area (Å²) in [5.41, 5.74) is 8.94. The van der Waals surface area contributed by atoms with Gasteiger partial charge in [-0.1, -0.05) is 6.92 Å². The first-order valence-electron chi connectivity index (χ1n) is 9.50. The van der Waals surface area contributed by atoms with Crippen LogP contribution >= 0.6 is 0 Å². The smallest absolute Gasteiger partial charge is 0.410 e. The molecule has 0 radical (unpaired) electrons. The fourth-order valence-electron chi connectivity index (χ4n) is 3.41. The molecule has 2 N–H and O–H groups in total. The summed E-state index contributed by atoms with van der Waals surface area (Å²) in [6, 6.07) is 2.15. The number of amides is 1. The van der Waals surface area contributed by atoms with E-state index in [9.17, 15) is 4.79 Å². The first kappa shape index (κ1) is 19.3. The van der Waals surface area contributed by atoms with Gasteiger partial charge in [0.15, 0.2) is 5.65 Å². The lowest BCUT2D eigenvalue weighted by Crippen LogP contribution is -2.54. The van der Waals surface area contributed by atoms with E-state index in [2.05, 4.69) is 16.9 Å². The first-order chi connectivity index (χ1) is 12.6.